The molecule has 0 fully saturated rings. The van der Waals surface area contributed by atoms with Crippen molar-refractivity contribution in [1.82, 2.24) is 10.3 Å². The van der Waals surface area contributed by atoms with Crippen molar-refractivity contribution in [2.75, 3.05) is 13.7 Å². The third-order valence-corrected chi connectivity index (χ3v) is 2.62. The van der Waals surface area contributed by atoms with E-state index in [-0.39, 0.29) is 0 Å². The van der Waals surface area contributed by atoms with Crippen LogP contribution in [0.5, 0.6) is 0 Å². The van der Waals surface area contributed by atoms with Crippen molar-refractivity contribution in [1.29, 1.82) is 0 Å². The van der Waals surface area contributed by atoms with Gasteiger partial charge in [0.1, 0.15) is 0 Å². The number of rotatable bonds is 8. The van der Waals surface area contributed by atoms with Gasteiger partial charge in [0.05, 0.1) is 6.61 Å². The van der Waals surface area contributed by atoms with Gasteiger partial charge in [-0.1, -0.05) is 19.8 Å². The van der Waals surface area contributed by atoms with Crippen LogP contribution in [0.15, 0.2) is 24.5 Å². The van der Waals surface area contributed by atoms with Crippen LogP contribution in [-0.4, -0.2) is 24.7 Å². The van der Waals surface area contributed by atoms with Crippen LogP contribution in [0.3, 0.4) is 0 Å². The molecule has 3 heteroatoms. The number of unbranched alkanes of at least 4 members (excludes halogenated alkanes) is 1. The van der Waals surface area contributed by atoms with Gasteiger partial charge >= 0.3 is 0 Å². The number of ether oxygens (including phenoxy) is 1. The van der Waals surface area contributed by atoms with Crippen molar-refractivity contribution < 1.29 is 4.74 Å². The molecule has 1 unspecified atom stereocenters. The molecule has 0 aliphatic rings. The maximum Gasteiger partial charge on any atom is 0.0615 e. The van der Waals surface area contributed by atoms with E-state index in [0.717, 1.165) is 13.2 Å². The Labute approximate surface area is 98.2 Å². The molecule has 0 amide bonds. The highest BCUT2D eigenvalue weighted by atomic mass is 16.5. The summed E-state index contributed by atoms with van der Waals surface area (Å²) >= 11 is 0. The zero-order valence-electron chi connectivity index (χ0n) is 10.3. The zero-order valence-corrected chi connectivity index (χ0v) is 10.3. The monoisotopic (exact) mass is 222 g/mol. The number of nitrogens with one attached hydrogen (secondary N) is 1. The summed E-state index contributed by atoms with van der Waals surface area (Å²) in [6, 6.07) is 4.53. The lowest BCUT2D eigenvalue weighted by Crippen LogP contribution is -2.32. The van der Waals surface area contributed by atoms with Gasteiger partial charge in [-0.3, -0.25) is 4.98 Å². The number of hydrogen-bond donors (Lipinski definition) is 1. The summed E-state index contributed by atoms with van der Waals surface area (Å²) in [5.74, 6) is 0. The molecule has 1 aromatic rings. The van der Waals surface area contributed by atoms with Crippen molar-refractivity contribution >= 4 is 0 Å². The zero-order chi connectivity index (χ0) is 11.6. The first-order valence-corrected chi connectivity index (χ1v) is 5.98. The summed E-state index contributed by atoms with van der Waals surface area (Å²) in [6.45, 7) is 3.89. The fourth-order valence-corrected chi connectivity index (χ4v) is 1.66. The van der Waals surface area contributed by atoms with E-state index in [1.165, 1.54) is 24.8 Å². The van der Waals surface area contributed by atoms with Gasteiger partial charge in [0.2, 0.25) is 0 Å². The lowest BCUT2D eigenvalue weighted by molar-refractivity contribution is 0.160. The predicted molar refractivity (Wildman–Crippen MR) is 66.3 cm³/mol. The van der Waals surface area contributed by atoms with E-state index < -0.39 is 0 Å². The Kier molecular flexibility index (Phi) is 6.77. The highest BCUT2D eigenvalue weighted by Gasteiger charge is 2.06. The number of methoxy groups -OCH3 is 1. The molecular weight excluding hydrogens is 200 g/mol. The fraction of sp³-hybridized carbons (Fsp3) is 0.615. The highest BCUT2D eigenvalue weighted by molar-refractivity contribution is 5.09. The van der Waals surface area contributed by atoms with E-state index in [2.05, 4.69) is 17.2 Å². The molecule has 0 saturated heterocycles. The summed E-state index contributed by atoms with van der Waals surface area (Å²) in [5.41, 5.74) is 1.27. The van der Waals surface area contributed by atoms with Crippen LogP contribution >= 0.6 is 0 Å². The Morgan fingerprint density at radius 1 is 1.38 bits per heavy atom. The molecule has 1 N–H and O–H groups in total. The van der Waals surface area contributed by atoms with Gasteiger partial charge in [-0.25, -0.2) is 0 Å². The van der Waals surface area contributed by atoms with Crippen molar-refractivity contribution in [3.63, 3.8) is 0 Å². The SMILES string of the molecule is CCCCC(COC)NCc1ccncc1. The Morgan fingerprint density at radius 2 is 2.12 bits per heavy atom. The topological polar surface area (TPSA) is 34.1 Å². The van der Waals surface area contributed by atoms with E-state index in [1.54, 1.807) is 7.11 Å². The second-order valence-corrected chi connectivity index (χ2v) is 4.03. The van der Waals surface area contributed by atoms with E-state index in [1.807, 2.05) is 24.5 Å². The first kappa shape index (κ1) is 13.1. The minimum Gasteiger partial charge on any atom is -0.383 e. The van der Waals surface area contributed by atoms with Crippen LogP contribution in [-0.2, 0) is 11.3 Å². The van der Waals surface area contributed by atoms with Gasteiger partial charge in [0.15, 0.2) is 0 Å². The largest absolute Gasteiger partial charge is 0.383 e. The average Bonchev–Trinajstić information content (AvgIpc) is 2.34. The number of aromatic nitrogens is 1. The maximum absolute atomic E-state index is 5.21. The lowest BCUT2D eigenvalue weighted by atomic mass is 10.1. The Morgan fingerprint density at radius 3 is 2.75 bits per heavy atom. The van der Waals surface area contributed by atoms with Crippen LogP contribution in [0, 0.1) is 0 Å². The molecular formula is C13H22N2O. The molecule has 16 heavy (non-hydrogen) atoms. The highest BCUT2D eigenvalue weighted by Crippen LogP contribution is 2.03. The van der Waals surface area contributed by atoms with Crippen molar-refractivity contribution in [3.8, 4) is 0 Å². The standard InChI is InChI=1S/C13H22N2O/c1-3-4-5-13(11-16-2)15-10-12-6-8-14-9-7-12/h6-9,13,15H,3-5,10-11H2,1-2H3. The smallest absolute Gasteiger partial charge is 0.0615 e. The predicted octanol–water partition coefficient (Wildman–Crippen LogP) is 2.38. The Hall–Kier alpha value is -0.930. The molecule has 0 aliphatic heterocycles. The molecule has 90 valence electrons. The van der Waals surface area contributed by atoms with Gasteiger partial charge in [-0.2, -0.15) is 0 Å². The summed E-state index contributed by atoms with van der Waals surface area (Å²) in [6.07, 6.45) is 7.31. The van der Waals surface area contributed by atoms with Gasteiger partial charge in [-0.05, 0) is 24.1 Å². The number of nitrogens with zero attached hydrogens (tertiary/aromatic N) is 1. The third-order valence-electron chi connectivity index (χ3n) is 2.62. The molecule has 1 aromatic heterocycles. The van der Waals surface area contributed by atoms with E-state index in [4.69, 9.17) is 4.74 Å². The molecule has 0 aliphatic carbocycles. The van der Waals surface area contributed by atoms with Crippen LogP contribution in [0.25, 0.3) is 0 Å². The van der Waals surface area contributed by atoms with E-state index in [9.17, 15) is 0 Å². The summed E-state index contributed by atoms with van der Waals surface area (Å²) in [5, 5.41) is 3.52. The van der Waals surface area contributed by atoms with Crippen molar-refractivity contribution in [3.05, 3.63) is 30.1 Å². The first-order valence-electron chi connectivity index (χ1n) is 5.98. The summed E-state index contributed by atoms with van der Waals surface area (Å²) < 4.78 is 5.21. The molecule has 0 radical (unpaired) electrons. The molecule has 0 saturated carbocycles. The minimum atomic E-state index is 0.457. The van der Waals surface area contributed by atoms with Crippen LogP contribution in [0.4, 0.5) is 0 Å². The van der Waals surface area contributed by atoms with Crippen molar-refractivity contribution in [2.24, 2.45) is 0 Å². The second-order valence-electron chi connectivity index (χ2n) is 4.03. The maximum atomic E-state index is 5.21. The average molecular weight is 222 g/mol. The van der Waals surface area contributed by atoms with Gasteiger partial charge < -0.3 is 10.1 Å². The summed E-state index contributed by atoms with van der Waals surface area (Å²) in [4.78, 5) is 4.01. The second kappa shape index (κ2) is 8.25. The number of pyridine rings is 1. The third kappa shape index (κ3) is 5.24. The van der Waals surface area contributed by atoms with Gasteiger partial charge in [-0.15, -0.1) is 0 Å². The van der Waals surface area contributed by atoms with Gasteiger partial charge in [0.25, 0.3) is 0 Å². The molecule has 0 aromatic carbocycles. The lowest BCUT2D eigenvalue weighted by Gasteiger charge is -2.17. The first-order chi connectivity index (χ1) is 7.86. The number of hydrogen-bond acceptors (Lipinski definition) is 3. The molecule has 0 bridgehead atoms. The van der Waals surface area contributed by atoms with E-state index in [0.29, 0.717) is 6.04 Å². The van der Waals surface area contributed by atoms with Crippen molar-refractivity contribution in [2.45, 2.75) is 38.8 Å². The molecule has 1 rings (SSSR count). The molecule has 3 nitrogen and oxygen atoms in total. The molecule has 0 spiro atoms. The fourth-order valence-electron chi connectivity index (χ4n) is 1.66. The normalized spacial score (nSPS) is 12.6. The van der Waals surface area contributed by atoms with Crippen LogP contribution in [0.2, 0.25) is 0 Å². The van der Waals surface area contributed by atoms with Crippen LogP contribution < -0.4 is 5.32 Å². The van der Waals surface area contributed by atoms with Gasteiger partial charge in [0, 0.05) is 32.1 Å². The van der Waals surface area contributed by atoms with Crippen LogP contribution in [0.1, 0.15) is 31.7 Å². The van der Waals surface area contributed by atoms with E-state index >= 15 is 0 Å². The Balaban J connectivity index is 2.31. The summed E-state index contributed by atoms with van der Waals surface area (Å²) in [7, 11) is 1.76. The molecule has 1 atom stereocenters. The quantitative estimate of drug-likeness (QED) is 0.733. The minimum absolute atomic E-state index is 0.457. The Bertz CT molecular complexity index is 264. The molecule has 1 heterocycles.